The van der Waals surface area contributed by atoms with E-state index in [0.29, 0.717) is 6.42 Å². The van der Waals surface area contributed by atoms with Gasteiger partial charge in [0.15, 0.2) is 5.78 Å². The first-order chi connectivity index (χ1) is 6.55. The molecular formula is C13H18O. The molecule has 1 aliphatic rings. The Labute approximate surface area is 86.2 Å². The third-order valence-corrected chi connectivity index (χ3v) is 2.39. The van der Waals surface area contributed by atoms with Crippen molar-refractivity contribution in [3.63, 3.8) is 0 Å². The van der Waals surface area contributed by atoms with Crippen LogP contribution in [0.4, 0.5) is 0 Å². The number of carbonyl (C=O) groups is 1. The summed E-state index contributed by atoms with van der Waals surface area (Å²) >= 11 is 0. The molecule has 1 nitrogen and oxygen atoms in total. The van der Waals surface area contributed by atoms with E-state index in [1.807, 2.05) is 6.08 Å². The Bertz CT molecular complexity index is 292. The second kappa shape index (κ2) is 4.41. The summed E-state index contributed by atoms with van der Waals surface area (Å²) in [5, 5.41) is 0. The number of carbonyl (C=O) groups excluding carboxylic acids is 1. The second-order valence-electron chi connectivity index (χ2n) is 4.45. The molecule has 0 fully saturated rings. The van der Waals surface area contributed by atoms with Gasteiger partial charge in [-0.25, -0.2) is 0 Å². The smallest absolute Gasteiger partial charge is 0.162 e. The molecule has 1 aliphatic carbocycles. The first kappa shape index (κ1) is 11.0. The molecule has 14 heavy (non-hydrogen) atoms. The van der Waals surface area contributed by atoms with E-state index in [2.05, 4.69) is 32.6 Å². The van der Waals surface area contributed by atoms with Crippen LogP contribution in [0, 0.1) is 5.41 Å². The third kappa shape index (κ3) is 2.99. The Morgan fingerprint density at radius 2 is 2.36 bits per heavy atom. The van der Waals surface area contributed by atoms with Crippen molar-refractivity contribution in [3.05, 3.63) is 36.5 Å². The van der Waals surface area contributed by atoms with E-state index in [1.165, 1.54) is 0 Å². The van der Waals surface area contributed by atoms with Crippen molar-refractivity contribution < 1.29 is 4.79 Å². The van der Waals surface area contributed by atoms with E-state index in [4.69, 9.17) is 0 Å². The Kier molecular flexibility index (Phi) is 3.45. The predicted molar refractivity (Wildman–Crippen MR) is 60.1 cm³/mol. The molecule has 1 rings (SSSR count). The van der Waals surface area contributed by atoms with Crippen LogP contribution in [0.5, 0.6) is 0 Å². The van der Waals surface area contributed by atoms with Crippen LogP contribution in [-0.4, -0.2) is 5.78 Å². The number of hydrogen-bond acceptors (Lipinski definition) is 1. The molecule has 0 saturated carbocycles. The molecule has 0 heterocycles. The summed E-state index contributed by atoms with van der Waals surface area (Å²) in [5.74, 6) is 0.230. The topological polar surface area (TPSA) is 17.1 Å². The van der Waals surface area contributed by atoms with Crippen LogP contribution in [0.15, 0.2) is 36.5 Å². The zero-order valence-electron chi connectivity index (χ0n) is 9.05. The van der Waals surface area contributed by atoms with Gasteiger partial charge >= 0.3 is 0 Å². The summed E-state index contributed by atoms with van der Waals surface area (Å²) < 4.78 is 0. The SMILES string of the molecule is C=CCCC(=O)C1=CC(C)(C)CC=C1. The molecule has 0 aromatic heterocycles. The minimum absolute atomic E-state index is 0.133. The van der Waals surface area contributed by atoms with E-state index in [1.54, 1.807) is 6.08 Å². The molecule has 1 heteroatoms. The maximum absolute atomic E-state index is 11.7. The molecule has 0 atom stereocenters. The van der Waals surface area contributed by atoms with E-state index in [0.717, 1.165) is 18.4 Å². The highest BCUT2D eigenvalue weighted by atomic mass is 16.1. The minimum atomic E-state index is 0.133. The highest BCUT2D eigenvalue weighted by Gasteiger charge is 2.19. The number of hydrogen-bond donors (Lipinski definition) is 0. The van der Waals surface area contributed by atoms with Gasteiger partial charge in [-0.2, -0.15) is 0 Å². The Balaban J connectivity index is 2.68. The highest BCUT2D eigenvalue weighted by molar-refractivity contribution is 5.98. The second-order valence-corrected chi connectivity index (χ2v) is 4.45. The summed E-state index contributed by atoms with van der Waals surface area (Å²) in [5.41, 5.74) is 0.997. The average Bonchev–Trinajstić information content (AvgIpc) is 2.12. The number of Topliss-reactive ketones (excluding diaryl/α,β-unsaturated/α-hetero) is 1. The molecule has 0 bridgehead atoms. The zero-order valence-corrected chi connectivity index (χ0v) is 9.05. The molecule has 0 radical (unpaired) electrons. The first-order valence-corrected chi connectivity index (χ1v) is 5.09. The van der Waals surface area contributed by atoms with E-state index < -0.39 is 0 Å². The van der Waals surface area contributed by atoms with Crippen molar-refractivity contribution in [2.75, 3.05) is 0 Å². The van der Waals surface area contributed by atoms with Crippen molar-refractivity contribution >= 4 is 5.78 Å². The van der Waals surface area contributed by atoms with E-state index in [9.17, 15) is 4.79 Å². The number of rotatable bonds is 4. The van der Waals surface area contributed by atoms with Crippen LogP contribution in [0.1, 0.15) is 33.1 Å². The van der Waals surface area contributed by atoms with Crippen molar-refractivity contribution in [1.82, 2.24) is 0 Å². The molecular weight excluding hydrogens is 172 g/mol. The van der Waals surface area contributed by atoms with Gasteiger partial charge in [0, 0.05) is 12.0 Å². The molecule has 0 spiro atoms. The molecule has 0 unspecified atom stereocenters. The van der Waals surface area contributed by atoms with Crippen LogP contribution in [0.25, 0.3) is 0 Å². The van der Waals surface area contributed by atoms with Gasteiger partial charge in [-0.3, -0.25) is 4.79 Å². The Hall–Kier alpha value is -1.11. The molecule has 76 valence electrons. The van der Waals surface area contributed by atoms with E-state index in [-0.39, 0.29) is 11.2 Å². The van der Waals surface area contributed by atoms with Gasteiger partial charge in [0.25, 0.3) is 0 Å². The Morgan fingerprint density at radius 3 is 2.93 bits per heavy atom. The average molecular weight is 190 g/mol. The standard InChI is InChI=1S/C13H18O/c1-4-5-8-12(14)11-7-6-9-13(2,3)10-11/h4,6-7,10H,1,5,8-9H2,2-3H3. The summed E-state index contributed by atoms with van der Waals surface area (Å²) in [4.78, 5) is 11.7. The van der Waals surface area contributed by atoms with Crippen LogP contribution in [-0.2, 0) is 4.79 Å². The summed E-state index contributed by atoms with van der Waals surface area (Å²) in [6.45, 7) is 7.92. The molecule has 0 amide bonds. The van der Waals surface area contributed by atoms with Gasteiger partial charge in [-0.05, 0) is 18.3 Å². The fourth-order valence-corrected chi connectivity index (χ4v) is 1.57. The lowest BCUT2D eigenvalue weighted by Gasteiger charge is -2.22. The predicted octanol–water partition coefficient (Wildman–Crippen LogP) is 3.43. The van der Waals surface area contributed by atoms with Crippen LogP contribution < -0.4 is 0 Å². The largest absolute Gasteiger partial charge is 0.294 e. The van der Waals surface area contributed by atoms with Crippen LogP contribution in [0.3, 0.4) is 0 Å². The zero-order chi connectivity index (χ0) is 10.6. The molecule has 0 aromatic carbocycles. The monoisotopic (exact) mass is 190 g/mol. The first-order valence-electron chi connectivity index (χ1n) is 5.09. The van der Waals surface area contributed by atoms with Gasteiger partial charge in [0.1, 0.15) is 0 Å². The minimum Gasteiger partial charge on any atom is -0.294 e. The molecule has 0 aromatic rings. The number of ketones is 1. The van der Waals surface area contributed by atoms with Gasteiger partial charge in [0.2, 0.25) is 0 Å². The lowest BCUT2D eigenvalue weighted by Crippen LogP contribution is -2.13. The molecule has 0 aliphatic heterocycles. The van der Waals surface area contributed by atoms with Crippen molar-refractivity contribution in [2.24, 2.45) is 5.41 Å². The third-order valence-electron chi connectivity index (χ3n) is 2.39. The number of allylic oxidation sites excluding steroid dienone is 5. The van der Waals surface area contributed by atoms with Gasteiger partial charge < -0.3 is 0 Å². The van der Waals surface area contributed by atoms with Crippen molar-refractivity contribution in [2.45, 2.75) is 33.1 Å². The van der Waals surface area contributed by atoms with Gasteiger partial charge in [0.05, 0.1) is 0 Å². The Morgan fingerprint density at radius 1 is 1.64 bits per heavy atom. The summed E-state index contributed by atoms with van der Waals surface area (Å²) in [6, 6.07) is 0. The van der Waals surface area contributed by atoms with Gasteiger partial charge in [-0.15, -0.1) is 6.58 Å². The summed E-state index contributed by atoms with van der Waals surface area (Å²) in [7, 11) is 0. The maximum atomic E-state index is 11.7. The van der Waals surface area contributed by atoms with Crippen LogP contribution in [0.2, 0.25) is 0 Å². The quantitative estimate of drug-likeness (QED) is 0.621. The lowest BCUT2D eigenvalue weighted by atomic mass is 9.82. The lowest BCUT2D eigenvalue weighted by molar-refractivity contribution is -0.115. The molecule has 0 N–H and O–H groups in total. The normalized spacial score (nSPS) is 18.9. The fourth-order valence-electron chi connectivity index (χ4n) is 1.57. The summed E-state index contributed by atoms with van der Waals surface area (Å²) in [6.07, 6.45) is 10.3. The van der Waals surface area contributed by atoms with Crippen LogP contribution >= 0.6 is 0 Å². The highest BCUT2D eigenvalue weighted by Crippen LogP contribution is 2.29. The molecule has 0 saturated heterocycles. The van der Waals surface area contributed by atoms with Crippen molar-refractivity contribution in [1.29, 1.82) is 0 Å². The van der Waals surface area contributed by atoms with E-state index >= 15 is 0 Å². The fraction of sp³-hybridized carbons (Fsp3) is 0.462. The maximum Gasteiger partial charge on any atom is 0.162 e. The van der Waals surface area contributed by atoms with Crippen molar-refractivity contribution in [3.8, 4) is 0 Å². The van der Waals surface area contributed by atoms with Gasteiger partial charge in [-0.1, -0.05) is 38.2 Å².